The number of methoxy groups -OCH3 is 3. The number of rotatable bonds is 10. The van der Waals surface area contributed by atoms with Gasteiger partial charge in [0.25, 0.3) is 0 Å². The molecule has 0 N–H and O–H groups in total. The molecule has 0 saturated carbocycles. The summed E-state index contributed by atoms with van der Waals surface area (Å²) in [7, 11) is 4.59. The van der Waals surface area contributed by atoms with Crippen LogP contribution >= 0.6 is 0 Å². The van der Waals surface area contributed by atoms with Crippen LogP contribution in [0.5, 0.6) is 34.5 Å². The molecule has 48 heavy (non-hydrogen) atoms. The Kier molecular flexibility index (Phi) is 9.47. The minimum atomic E-state index is -0.565. The van der Waals surface area contributed by atoms with Gasteiger partial charge in [0, 0.05) is 38.2 Å². The number of fused-ring (bicyclic) bond motifs is 2. The summed E-state index contributed by atoms with van der Waals surface area (Å²) in [5, 5.41) is 0. The minimum absolute atomic E-state index is 0.0417. The zero-order valence-corrected chi connectivity index (χ0v) is 27.6. The Labute approximate surface area is 278 Å². The average Bonchev–Trinajstić information content (AvgIpc) is 3.77. The zero-order chi connectivity index (χ0) is 34.1. The number of hydrogen-bond acceptors (Lipinski definition) is 12. The second kappa shape index (κ2) is 13.7. The van der Waals surface area contributed by atoms with Gasteiger partial charge in [-0.05, 0) is 53.1 Å². The smallest absolute Gasteiger partial charge is 0.308 e. The Morgan fingerprint density at radius 3 is 1.62 bits per heavy atom. The fraction of sp³-hybridized carbons (Fsp3) is 0.417. The van der Waals surface area contributed by atoms with Crippen LogP contribution in [0.25, 0.3) is 0 Å². The second-order valence-electron chi connectivity index (χ2n) is 11.9. The molecule has 3 aliphatic heterocycles. The van der Waals surface area contributed by atoms with E-state index in [1.54, 1.807) is 31.4 Å². The first kappa shape index (κ1) is 33.1. The van der Waals surface area contributed by atoms with E-state index in [-0.39, 0.29) is 36.4 Å². The van der Waals surface area contributed by atoms with E-state index in [0.717, 1.165) is 22.3 Å². The molecule has 3 aromatic rings. The van der Waals surface area contributed by atoms with Crippen molar-refractivity contribution in [3.63, 3.8) is 0 Å². The molecule has 6 unspecified atom stereocenters. The van der Waals surface area contributed by atoms with Gasteiger partial charge < -0.3 is 42.6 Å². The van der Waals surface area contributed by atoms with Gasteiger partial charge in [-0.2, -0.15) is 0 Å². The minimum Gasteiger partial charge on any atom is -0.493 e. The van der Waals surface area contributed by atoms with Crippen LogP contribution in [-0.2, 0) is 28.6 Å². The molecule has 6 atom stereocenters. The van der Waals surface area contributed by atoms with Crippen LogP contribution in [0.1, 0.15) is 67.3 Å². The van der Waals surface area contributed by atoms with E-state index in [1.807, 2.05) is 24.3 Å². The van der Waals surface area contributed by atoms with Gasteiger partial charge in [0.05, 0.1) is 52.7 Å². The number of ether oxygens (including phenoxy) is 9. The number of carbonyl (C=O) groups is 3. The highest BCUT2D eigenvalue weighted by molar-refractivity contribution is 5.71. The van der Waals surface area contributed by atoms with Crippen molar-refractivity contribution in [1.82, 2.24) is 0 Å². The molecule has 12 nitrogen and oxygen atoms in total. The first-order chi connectivity index (χ1) is 23.1. The summed E-state index contributed by atoms with van der Waals surface area (Å²) in [5.74, 6) is 0.889. The predicted molar refractivity (Wildman–Crippen MR) is 169 cm³/mol. The maximum absolute atomic E-state index is 12.0. The van der Waals surface area contributed by atoms with Crippen LogP contribution in [0.4, 0.5) is 0 Å². The Morgan fingerprint density at radius 2 is 1.12 bits per heavy atom. The molecule has 254 valence electrons. The van der Waals surface area contributed by atoms with Crippen molar-refractivity contribution >= 4 is 17.9 Å². The average molecular weight is 663 g/mol. The normalized spacial score (nSPS) is 23.8. The highest BCUT2D eigenvalue weighted by atomic mass is 16.6. The monoisotopic (exact) mass is 662 g/mol. The summed E-state index contributed by atoms with van der Waals surface area (Å²) < 4.78 is 52.3. The number of benzene rings is 3. The maximum Gasteiger partial charge on any atom is 0.308 e. The molecule has 2 fully saturated rings. The summed E-state index contributed by atoms with van der Waals surface area (Å²) in [4.78, 5) is 35.1. The fourth-order valence-corrected chi connectivity index (χ4v) is 6.86. The van der Waals surface area contributed by atoms with Crippen LogP contribution in [0.3, 0.4) is 0 Å². The van der Waals surface area contributed by atoms with Crippen LogP contribution in [-0.4, -0.2) is 59.1 Å². The van der Waals surface area contributed by atoms with Crippen molar-refractivity contribution < 1.29 is 57.0 Å². The fourth-order valence-electron chi connectivity index (χ4n) is 6.86. The lowest BCUT2D eigenvalue weighted by molar-refractivity contribution is -0.142. The van der Waals surface area contributed by atoms with Crippen LogP contribution in [0, 0.1) is 11.8 Å². The molecule has 0 aliphatic carbocycles. The molecule has 3 aliphatic rings. The summed E-state index contributed by atoms with van der Waals surface area (Å²) in [6.45, 7) is 5.02. The van der Waals surface area contributed by atoms with Gasteiger partial charge in [0.15, 0.2) is 34.5 Å². The van der Waals surface area contributed by atoms with Crippen LogP contribution < -0.4 is 28.4 Å². The van der Waals surface area contributed by atoms with E-state index >= 15 is 0 Å². The van der Waals surface area contributed by atoms with Gasteiger partial charge in [0.1, 0.15) is 12.7 Å². The molecular formula is C36H38O12. The SMILES string of the molecule is COc1cc(C2Oc3c(OC)cc(C4OCC5C(c6ccc(OC(C)=O)c(OC)c6)OCC45)cc3C2COC(C)=O)ccc1OC(C)=O. The van der Waals surface area contributed by atoms with Gasteiger partial charge >= 0.3 is 17.9 Å². The van der Waals surface area contributed by atoms with Gasteiger partial charge in [-0.15, -0.1) is 0 Å². The highest BCUT2D eigenvalue weighted by Crippen LogP contribution is 2.56. The molecule has 12 heteroatoms. The quantitative estimate of drug-likeness (QED) is 0.203. The second-order valence-corrected chi connectivity index (χ2v) is 11.9. The molecule has 0 spiro atoms. The third kappa shape index (κ3) is 6.37. The predicted octanol–water partition coefficient (Wildman–Crippen LogP) is 5.42. The lowest BCUT2D eigenvalue weighted by Gasteiger charge is -2.21. The van der Waals surface area contributed by atoms with Crippen LogP contribution in [0.2, 0.25) is 0 Å². The van der Waals surface area contributed by atoms with Gasteiger partial charge in [-0.25, -0.2) is 0 Å². The van der Waals surface area contributed by atoms with Crippen molar-refractivity contribution in [2.45, 2.75) is 45.0 Å². The molecule has 6 rings (SSSR count). The van der Waals surface area contributed by atoms with Crippen LogP contribution in [0.15, 0.2) is 48.5 Å². The topological polar surface area (TPSA) is 134 Å². The number of hydrogen-bond donors (Lipinski definition) is 0. The molecule has 3 aromatic carbocycles. The molecule has 0 aromatic heterocycles. The van der Waals surface area contributed by atoms with Gasteiger partial charge in [-0.3, -0.25) is 14.4 Å². The Morgan fingerprint density at radius 1 is 0.625 bits per heavy atom. The van der Waals surface area contributed by atoms with Crippen molar-refractivity contribution in [3.8, 4) is 34.5 Å². The molecule has 3 heterocycles. The first-order valence-electron chi connectivity index (χ1n) is 15.6. The Bertz CT molecular complexity index is 1720. The van der Waals surface area contributed by atoms with E-state index in [2.05, 4.69) is 0 Å². The number of carbonyl (C=O) groups excluding carboxylic acids is 3. The van der Waals surface area contributed by atoms with E-state index in [1.165, 1.54) is 35.0 Å². The maximum atomic E-state index is 12.0. The van der Waals surface area contributed by atoms with Crippen molar-refractivity contribution in [2.75, 3.05) is 41.2 Å². The summed E-state index contributed by atoms with van der Waals surface area (Å²) >= 11 is 0. The molecule has 0 amide bonds. The van der Waals surface area contributed by atoms with Gasteiger partial charge in [-0.1, -0.05) is 12.1 Å². The molecular weight excluding hydrogens is 624 g/mol. The standard InChI is InChI=1S/C36H38O12/c1-18(37)43-15-25-24-11-23(14-32(42-6)36(24)48-35(25)22-8-10-29(47-20(3)39)31(13-22)41-5)34-27-17-44-33(26(27)16-45-34)21-7-9-28(46-19(2)38)30(12-21)40-4/h7-14,25-27,33-35H,15-17H2,1-6H3. The Balaban J connectivity index is 1.30. The third-order valence-corrected chi connectivity index (χ3v) is 8.93. The third-order valence-electron chi connectivity index (χ3n) is 8.93. The van der Waals surface area contributed by atoms with E-state index in [4.69, 9.17) is 42.6 Å². The molecule has 2 saturated heterocycles. The Hall–Kier alpha value is -4.81. The van der Waals surface area contributed by atoms with E-state index in [9.17, 15) is 14.4 Å². The summed E-state index contributed by atoms with van der Waals surface area (Å²) in [6, 6.07) is 14.6. The lowest BCUT2D eigenvalue weighted by Crippen LogP contribution is -2.17. The molecule has 0 bridgehead atoms. The van der Waals surface area contributed by atoms with Crippen molar-refractivity contribution in [3.05, 3.63) is 70.8 Å². The summed E-state index contributed by atoms with van der Waals surface area (Å²) in [6.07, 6.45) is -1.10. The van der Waals surface area contributed by atoms with E-state index < -0.39 is 29.9 Å². The molecule has 0 radical (unpaired) electrons. The zero-order valence-electron chi connectivity index (χ0n) is 27.6. The van der Waals surface area contributed by atoms with Gasteiger partial charge in [0.2, 0.25) is 0 Å². The lowest BCUT2D eigenvalue weighted by atomic mass is 9.83. The van der Waals surface area contributed by atoms with Crippen molar-refractivity contribution in [1.29, 1.82) is 0 Å². The van der Waals surface area contributed by atoms with E-state index in [0.29, 0.717) is 42.0 Å². The number of esters is 3. The van der Waals surface area contributed by atoms with Crippen molar-refractivity contribution in [2.24, 2.45) is 11.8 Å². The first-order valence-corrected chi connectivity index (χ1v) is 15.6. The highest BCUT2D eigenvalue weighted by Gasteiger charge is 2.49. The summed E-state index contributed by atoms with van der Waals surface area (Å²) in [5.41, 5.74) is 3.34. The largest absolute Gasteiger partial charge is 0.493 e.